The Morgan fingerprint density at radius 1 is 1.04 bits per heavy atom. The molecule has 118 valence electrons. The first-order chi connectivity index (χ1) is 10.7. The Morgan fingerprint density at radius 3 is 2.52 bits per heavy atom. The number of hydrogen-bond donors (Lipinski definition) is 0. The van der Waals surface area contributed by atoms with Gasteiger partial charge in [-0.1, -0.05) is 0 Å². The van der Waals surface area contributed by atoms with Crippen molar-refractivity contribution in [1.29, 1.82) is 0 Å². The third kappa shape index (κ3) is 1.86. The molecule has 23 heavy (non-hydrogen) atoms. The average Bonchev–Trinajstić information content (AvgIpc) is 2.64. The van der Waals surface area contributed by atoms with E-state index in [1.807, 2.05) is 63.4 Å². The normalized spacial score (nSPS) is 18.5. The Hall–Kier alpha value is -2.27. The van der Waals surface area contributed by atoms with Crippen molar-refractivity contribution in [3.05, 3.63) is 51.7 Å². The van der Waals surface area contributed by atoms with Gasteiger partial charge in [0.2, 0.25) is 0 Å². The Kier molecular flexibility index (Phi) is 2.60. The van der Waals surface area contributed by atoms with Crippen LogP contribution >= 0.6 is 0 Å². The first kappa shape index (κ1) is 14.3. The molecule has 5 heteroatoms. The standard InChI is InChI=1S/C18H19N3O2/c1-10-6-7-11-12(19-10)8-9-21-14-13(16(22)20-15(11)21)17(2,3)23-18(14,4)5/h6-9H,1-5H3. The van der Waals surface area contributed by atoms with Crippen LogP contribution in [0.4, 0.5) is 0 Å². The second kappa shape index (κ2) is 4.17. The predicted molar refractivity (Wildman–Crippen MR) is 88.6 cm³/mol. The number of pyridine rings is 2. The molecule has 3 aromatic heterocycles. The quantitative estimate of drug-likeness (QED) is 0.599. The summed E-state index contributed by atoms with van der Waals surface area (Å²) in [5.41, 5.74) is 2.50. The molecule has 0 aliphatic carbocycles. The smallest absolute Gasteiger partial charge is 0.279 e. The Labute approximate surface area is 134 Å². The lowest BCUT2D eigenvalue weighted by Crippen LogP contribution is -2.26. The summed E-state index contributed by atoms with van der Waals surface area (Å²) in [6, 6.07) is 5.87. The van der Waals surface area contributed by atoms with Gasteiger partial charge in [0, 0.05) is 17.3 Å². The van der Waals surface area contributed by atoms with Gasteiger partial charge in [-0.25, -0.2) is 0 Å². The minimum Gasteiger partial charge on any atom is -0.358 e. The molecule has 0 aromatic carbocycles. The fourth-order valence-electron chi connectivity index (χ4n) is 3.78. The van der Waals surface area contributed by atoms with E-state index < -0.39 is 11.2 Å². The average molecular weight is 309 g/mol. The van der Waals surface area contributed by atoms with Gasteiger partial charge in [-0.2, -0.15) is 4.98 Å². The summed E-state index contributed by atoms with van der Waals surface area (Å²) in [5.74, 6) is 0. The number of fused-ring (bicyclic) bond motifs is 5. The van der Waals surface area contributed by atoms with E-state index in [9.17, 15) is 4.79 Å². The lowest BCUT2D eigenvalue weighted by Gasteiger charge is -2.24. The van der Waals surface area contributed by atoms with E-state index in [0.717, 1.165) is 22.3 Å². The molecule has 0 unspecified atom stereocenters. The first-order valence-corrected chi connectivity index (χ1v) is 7.74. The first-order valence-electron chi connectivity index (χ1n) is 7.74. The van der Waals surface area contributed by atoms with Gasteiger partial charge in [0.1, 0.15) is 5.60 Å². The van der Waals surface area contributed by atoms with E-state index in [-0.39, 0.29) is 5.56 Å². The molecular weight excluding hydrogens is 290 g/mol. The minimum absolute atomic E-state index is 0.219. The summed E-state index contributed by atoms with van der Waals surface area (Å²) in [5, 5.41) is 0.874. The van der Waals surface area contributed by atoms with Gasteiger partial charge in [0.05, 0.1) is 22.4 Å². The van der Waals surface area contributed by atoms with Crippen LogP contribution in [0.15, 0.2) is 29.2 Å². The van der Waals surface area contributed by atoms with Gasteiger partial charge in [-0.05, 0) is 52.8 Å². The van der Waals surface area contributed by atoms with Crippen molar-refractivity contribution in [1.82, 2.24) is 14.4 Å². The predicted octanol–water partition coefficient (Wildman–Crippen LogP) is 3.05. The molecule has 0 fully saturated rings. The molecule has 0 radical (unpaired) electrons. The van der Waals surface area contributed by atoms with Crippen LogP contribution in [0, 0.1) is 6.92 Å². The number of aryl methyl sites for hydroxylation is 1. The molecule has 4 rings (SSSR count). The molecule has 1 aliphatic heterocycles. The third-order valence-electron chi connectivity index (χ3n) is 4.50. The van der Waals surface area contributed by atoms with Crippen LogP contribution in [0.1, 0.15) is 44.6 Å². The zero-order chi connectivity index (χ0) is 16.6. The van der Waals surface area contributed by atoms with Crippen LogP contribution in [-0.4, -0.2) is 14.4 Å². The van der Waals surface area contributed by atoms with Crippen LogP contribution in [0.2, 0.25) is 0 Å². The highest BCUT2D eigenvalue weighted by molar-refractivity contribution is 5.91. The van der Waals surface area contributed by atoms with Crippen LogP contribution < -0.4 is 5.56 Å². The number of nitrogens with zero attached hydrogens (tertiary/aromatic N) is 3. The molecule has 3 aromatic rings. The highest BCUT2D eigenvalue weighted by atomic mass is 16.5. The number of rotatable bonds is 0. The van der Waals surface area contributed by atoms with E-state index >= 15 is 0 Å². The van der Waals surface area contributed by atoms with E-state index in [1.54, 1.807) is 0 Å². The molecule has 4 heterocycles. The van der Waals surface area contributed by atoms with Crippen molar-refractivity contribution in [2.24, 2.45) is 0 Å². The van der Waals surface area contributed by atoms with E-state index in [4.69, 9.17) is 4.74 Å². The van der Waals surface area contributed by atoms with Crippen molar-refractivity contribution in [2.75, 3.05) is 0 Å². The maximum Gasteiger partial charge on any atom is 0.279 e. The summed E-state index contributed by atoms with van der Waals surface area (Å²) in [4.78, 5) is 21.6. The van der Waals surface area contributed by atoms with Gasteiger partial charge in [0.15, 0.2) is 5.65 Å². The maximum atomic E-state index is 12.7. The van der Waals surface area contributed by atoms with Crippen LogP contribution in [0.5, 0.6) is 0 Å². The van der Waals surface area contributed by atoms with Crippen LogP contribution in [0.25, 0.3) is 16.6 Å². The SMILES string of the molecule is Cc1ccc2c(ccn3c4c(c(=O)nc23)C(C)(C)OC4(C)C)n1. The zero-order valence-electron chi connectivity index (χ0n) is 14.0. The van der Waals surface area contributed by atoms with Crippen molar-refractivity contribution in [3.63, 3.8) is 0 Å². The Bertz CT molecular complexity index is 1030. The molecule has 0 atom stereocenters. The molecular formula is C18H19N3O2. The maximum absolute atomic E-state index is 12.7. The number of aromatic nitrogens is 3. The Balaban J connectivity index is 2.24. The van der Waals surface area contributed by atoms with Gasteiger partial charge >= 0.3 is 0 Å². The second-order valence-electron chi connectivity index (χ2n) is 7.16. The molecule has 0 N–H and O–H groups in total. The zero-order valence-corrected chi connectivity index (χ0v) is 14.0. The van der Waals surface area contributed by atoms with Gasteiger partial charge in [0.25, 0.3) is 5.56 Å². The summed E-state index contributed by atoms with van der Waals surface area (Å²) in [6.07, 6.45) is 1.93. The lowest BCUT2D eigenvalue weighted by molar-refractivity contribution is -0.106. The van der Waals surface area contributed by atoms with Crippen molar-refractivity contribution >= 4 is 16.6 Å². The van der Waals surface area contributed by atoms with Gasteiger partial charge in [-0.3, -0.25) is 9.78 Å². The number of ether oxygens (including phenoxy) is 1. The largest absolute Gasteiger partial charge is 0.358 e. The molecule has 0 saturated carbocycles. The molecule has 5 nitrogen and oxygen atoms in total. The lowest BCUT2D eigenvalue weighted by atomic mass is 9.96. The molecule has 0 spiro atoms. The van der Waals surface area contributed by atoms with Crippen LogP contribution in [0.3, 0.4) is 0 Å². The summed E-state index contributed by atoms with van der Waals surface area (Å²) in [6.45, 7) is 9.77. The summed E-state index contributed by atoms with van der Waals surface area (Å²) < 4.78 is 8.13. The highest BCUT2D eigenvalue weighted by Crippen LogP contribution is 2.45. The van der Waals surface area contributed by atoms with Gasteiger partial charge in [-0.15, -0.1) is 0 Å². The monoisotopic (exact) mass is 309 g/mol. The second-order valence-corrected chi connectivity index (χ2v) is 7.16. The molecule has 0 saturated heterocycles. The fraction of sp³-hybridized carbons (Fsp3) is 0.389. The van der Waals surface area contributed by atoms with Gasteiger partial charge < -0.3 is 9.14 Å². The number of hydrogen-bond acceptors (Lipinski definition) is 4. The van der Waals surface area contributed by atoms with Crippen molar-refractivity contribution < 1.29 is 4.74 Å². The minimum atomic E-state index is -0.648. The fourth-order valence-corrected chi connectivity index (χ4v) is 3.78. The molecule has 1 aliphatic rings. The molecule has 0 bridgehead atoms. The Morgan fingerprint density at radius 2 is 1.78 bits per heavy atom. The summed E-state index contributed by atoms with van der Waals surface area (Å²) in [7, 11) is 0. The van der Waals surface area contributed by atoms with E-state index in [2.05, 4.69) is 9.97 Å². The van der Waals surface area contributed by atoms with Crippen LogP contribution in [-0.2, 0) is 15.9 Å². The van der Waals surface area contributed by atoms with E-state index in [1.165, 1.54) is 0 Å². The third-order valence-corrected chi connectivity index (χ3v) is 4.50. The van der Waals surface area contributed by atoms with E-state index in [0.29, 0.717) is 11.2 Å². The van der Waals surface area contributed by atoms with Crippen molar-refractivity contribution in [2.45, 2.75) is 45.8 Å². The summed E-state index contributed by atoms with van der Waals surface area (Å²) >= 11 is 0. The molecule has 0 amide bonds. The van der Waals surface area contributed by atoms with Crippen molar-refractivity contribution in [3.8, 4) is 0 Å². The highest BCUT2D eigenvalue weighted by Gasteiger charge is 2.47. The topological polar surface area (TPSA) is 56.5 Å².